The third-order valence-electron chi connectivity index (χ3n) is 2.80. The van der Waals surface area contributed by atoms with Gasteiger partial charge in [0.1, 0.15) is 11.5 Å². The lowest BCUT2D eigenvalue weighted by molar-refractivity contribution is 0.292. The Kier molecular flexibility index (Phi) is 3.11. The molecule has 1 saturated carbocycles. The molecular weight excluding hydrogens is 190 g/mol. The lowest BCUT2D eigenvalue weighted by Crippen LogP contribution is -2.14. The molecule has 1 N–H and O–H groups in total. The topological polar surface area (TPSA) is 30.5 Å². The van der Waals surface area contributed by atoms with Gasteiger partial charge >= 0.3 is 0 Å². The molecule has 2 atom stereocenters. The van der Waals surface area contributed by atoms with Crippen LogP contribution in [0.15, 0.2) is 24.3 Å². The van der Waals surface area contributed by atoms with E-state index in [0.29, 0.717) is 12.0 Å². The van der Waals surface area contributed by atoms with E-state index in [0.717, 1.165) is 18.1 Å². The minimum Gasteiger partial charge on any atom is -0.497 e. The minimum atomic E-state index is 0.649. The lowest BCUT2D eigenvalue weighted by Gasteiger charge is -2.07. The van der Waals surface area contributed by atoms with Gasteiger partial charge in [-0.15, -0.1) is 0 Å². The standard InChI is InChI=1S/C12H17NO2/c1-13-12-6-9(12)8-15-11-5-3-4-10(7-11)14-2/h3-5,7,9,12-13H,6,8H2,1-2H3. The first-order valence-electron chi connectivity index (χ1n) is 5.27. The first kappa shape index (κ1) is 10.3. The Morgan fingerprint density at radius 2 is 2.20 bits per heavy atom. The second-order valence-electron chi connectivity index (χ2n) is 3.88. The van der Waals surface area contributed by atoms with Gasteiger partial charge in [-0.2, -0.15) is 0 Å². The molecule has 0 aromatic heterocycles. The number of nitrogens with one attached hydrogen (secondary N) is 1. The molecule has 0 spiro atoms. The van der Waals surface area contributed by atoms with E-state index in [1.54, 1.807) is 7.11 Å². The Morgan fingerprint density at radius 3 is 2.87 bits per heavy atom. The number of rotatable bonds is 5. The van der Waals surface area contributed by atoms with Crippen molar-refractivity contribution in [1.29, 1.82) is 0 Å². The zero-order chi connectivity index (χ0) is 10.7. The largest absolute Gasteiger partial charge is 0.497 e. The molecule has 2 unspecified atom stereocenters. The molecule has 1 aromatic carbocycles. The molecule has 3 nitrogen and oxygen atoms in total. The molecule has 1 aliphatic carbocycles. The summed E-state index contributed by atoms with van der Waals surface area (Å²) in [6.07, 6.45) is 1.22. The van der Waals surface area contributed by atoms with E-state index in [-0.39, 0.29) is 0 Å². The Labute approximate surface area is 90.4 Å². The second kappa shape index (κ2) is 4.53. The molecule has 0 bridgehead atoms. The van der Waals surface area contributed by atoms with E-state index in [1.165, 1.54) is 6.42 Å². The van der Waals surface area contributed by atoms with Crippen LogP contribution in [0.3, 0.4) is 0 Å². The maximum Gasteiger partial charge on any atom is 0.122 e. The van der Waals surface area contributed by atoms with Crippen molar-refractivity contribution in [2.45, 2.75) is 12.5 Å². The first-order chi connectivity index (χ1) is 7.33. The molecular formula is C12H17NO2. The van der Waals surface area contributed by atoms with Gasteiger partial charge in [0, 0.05) is 18.0 Å². The molecule has 1 aromatic rings. The van der Waals surface area contributed by atoms with Crippen molar-refractivity contribution in [3.05, 3.63) is 24.3 Å². The van der Waals surface area contributed by atoms with Crippen molar-refractivity contribution in [1.82, 2.24) is 5.32 Å². The van der Waals surface area contributed by atoms with Crippen LogP contribution in [-0.4, -0.2) is 26.8 Å². The summed E-state index contributed by atoms with van der Waals surface area (Å²) in [5, 5.41) is 3.24. The van der Waals surface area contributed by atoms with Crippen molar-refractivity contribution in [2.75, 3.05) is 20.8 Å². The van der Waals surface area contributed by atoms with Gasteiger partial charge < -0.3 is 14.8 Å². The molecule has 0 saturated heterocycles. The highest BCUT2D eigenvalue weighted by atomic mass is 16.5. The molecule has 2 rings (SSSR count). The maximum atomic E-state index is 5.68. The van der Waals surface area contributed by atoms with Gasteiger partial charge in [-0.1, -0.05) is 6.07 Å². The van der Waals surface area contributed by atoms with E-state index < -0.39 is 0 Å². The summed E-state index contributed by atoms with van der Waals surface area (Å²) in [5.74, 6) is 2.39. The summed E-state index contributed by atoms with van der Waals surface area (Å²) in [7, 11) is 3.66. The Balaban J connectivity index is 1.83. The second-order valence-corrected chi connectivity index (χ2v) is 3.88. The van der Waals surface area contributed by atoms with Crippen LogP contribution in [0.4, 0.5) is 0 Å². The average Bonchev–Trinajstić information content (AvgIpc) is 3.05. The van der Waals surface area contributed by atoms with Crippen LogP contribution in [-0.2, 0) is 0 Å². The predicted octanol–water partition coefficient (Wildman–Crippen LogP) is 1.68. The maximum absolute atomic E-state index is 5.68. The van der Waals surface area contributed by atoms with Crippen LogP contribution in [0.25, 0.3) is 0 Å². The number of hydrogen-bond donors (Lipinski definition) is 1. The molecule has 0 heterocycles. The zero-order valence-electron chi connectivity index (χ0n) is 9.19. The monoisotopic (exact) mass is 207 g/mol. The number of methoxy groups -OCH3 is 1. The average molecular weight is 207 g/mol. The van der Waals surface area contributed by atoms with Gasteiger partial charge in [0.2, 0.25) is 0 Å². The summed E-state index contributed by atoms with van der Waals surface area (Å²) >= 11 is 0. The SMILES string of the molecule is CNC1CC1COc1cccc(OC)c1. The summed E-state index contributed by atoms with van der Waals surface area (Å²) in [6.45, 7) is 0.790. The number of benzene rings is 1. The fourth-order valence-electron chi connectivity index (χ4n) is 1.68. The van der Waals surface area contributed by atoms with Crippen molar-refractivity contribution >= 4 is 0 Å². The molecule has 15 heavy (non-hydrogen) atoms. The first-order valence-corrected chi connectivity index (χ1v) is 5.27. The van der Waals surface area contributed by atoms with E-state index in [1.807, 2.05) is 31.3 Å². The van der Waals surface area contributed by atoms with Crippen molar-refractivity contribution in [3.63, 3.8) is 0 Å². The number of hydrogen-bond acceptors (Lipinski definition) is 3. The fourth-order valence-corrected chi connectivity index (χ4v) is 1.68. The van der Waals surface area contributed by atoms with Crippen molar-refractivity contribution in [3.8, 4) is 11.5 Å². The van der Waals surface area contributed by atoms with E-state index in [9.17, 15) is 0 Å². The van der Waals surface area contributed by atoms with Gasteiger partial charge in [0.15, 0.2) is 0 Å². The lowest BCUT2D eigenvalue weighted by atomic mass is 10.3. The highest BCUT2D eigenvalue weighted by Gasteiger charge is 2.36. The molecule has 82 valence electrons. The molecule has 0 amide bonds. The van der Waals surface area contributed by atoms with Crippen LogP contribution >= 0.6 is 0 Å². The van der Waals surface area contributed by atoms with Crippen LogP contribution in [0.5, 0.6) is 11.5 Å². The normalized spacial score (nSPS) is 23.6. The van der Waals surface area contributed by atoms with Crippen molar-refractivity contribution in [2.24, 2.45) is 5.92 Å². The van der Waals surface area contributed by atoms with Crippen LogP contribution in [0, 0.1) is 5.92 Å². The smallest absolute Gasteiger partial charge is 0.122 e. The number of ether oxygens (including phenoxy) is 2. The highest BCUT2D eigenvalue weighted by molar-refractivity contribution is 5.32. The summed E-state index contributed by atoms with van der Waals surface area (Å²) in [5.41, 5.74) is 0. The van der Waals surface area contributed by atoms with Gasteiger partial charge in [-0.3, -0.25) is 0 Å². The Bertz CT molecular complexity index is 327. The van der Waals surface area contributed by atoms with E-state index in [4.69, 9.17) is 9.47 Å². The molecule has 1 aliphatic rings. The third-order valence-corrected chi connectivity index (χ3v) is 2.80. The van der Waals surface area contributed by atoms with Crippen molar-refractivity contribution < 1.29 is 9.47 Å². The van der Waals surface area contributed by atoms with Gasteiger partial charge in [-0.05, 0) is 25.6 Å². The summed E-state index contributed by atoms with van der Waals surface area (Å²) in [6, 6.07) is 8.38. The molecule has 0 aliphatic heterocycles. The highest BCUT2D eigenvalue weighted by Crippen LogP contribution is 2.30. The summed E-state index contributed by atoms with van der Waals surface area (Å²) < 4.78 is 10.8. The van der Waals surface area contributed by atoms with Gasteiger partial charge in [0.25, 0.3) is 0 Å². The molecule has 1 fully saturated rings. The Hall–Kier alpha value is -1.22. The molecule has 0 radical (unpaired) electrons. The third kappa shape index (κ3) is 2.63. The van der Waals surface area contributed by atoms with Crippen LogP contribution < -0.4 is 14.8 Å². The Morgan fingerprint density at radius 1 is 1.40 bits per heavy atom. The van der Waals surface area contributed by atoms with Crippen LogP contribution in [0.2, 0.25) is 0 Å². The van der Waals surface area contributed by atoms with Gasteiger partial charge in [-0.25, -0.2) is 0 Å². The zero-order valence-corrected chi connectivity index (χ0v) is 9.19. The van der Waals surface area contributed by atoms with Gasteiger partial charge in [0.05, 0.1) is 13.7 Å². The quantitative estimate of drug-likeness (QED) is 0.797. The van der Waals surface area contributed by atoms with Crippen LogP contribution in [0.1, 0.15) is 6.42 Å². The summed E-state index contributed by atoms with van der Waals surface area (Å²) in [4.78, 5) is 0. The van der Waals surface area contributed by atoms with E-state index >= 15 is 0 Å². The predicted molar refractivity (Wildman–Crippen MR) is 59.4 cm³/mol. The fraction of sp³-hybridized carbons (Fsp3) is 0.500. The van der Waals surface area contributed by atoms with E-state index in [2.05, 4.69) is 5.32 Å². The minimum absolute atomic E-state index is 0.649. The molecule has 3 heteroatoms.